The number of rotatable bonds is 1. The summed E-state index contributed by atoms with van der Waals surface area (Å²) in [6.45, 7) is 0. The summed E-state index contributed by atoms with van der Waals surface area (Å²) in [5.41, 5.74) is 6.15. The standard InChI is InChI=1S/C36H20N2S2/c1-4-10-29-21(7-1)24-14-15-25-28-18-26-22-8-2-5-11-30(22)38(31(26)19-34(28)40-36(25)35(24)37-29)20-13-16-33-27(17-20)23-9-3-6-12-32(23)39-33/h1-19,37H. The number of benzene rings is 6. The summed E-state index contributed by atoms with van der Waals surface area (Å²) in [6, 6.07) is 42.6. The van der Waals surface area contributed by atoms with Crippen LogP contribution in [0.1, 0.15) is 0 Å². The molecule has 10 rings (SSSR count). The van der Waals surface area contributed by atoms with Crippen LogP contribution in [0.2, 0.25) is 0 Å². The molecule has 0 saturated carbocycles. The molecule has 0 aliphatic heterocycles. The van der Waals surface area contributed by atoms with Crippen LogP contribution in [0.5, 0.6) is 0 Å². The molecular weight excluding hydrogens is 525 g/mol. The van der Waals surface area contributed by atoms with Gasteiger partial charge in [-0.15, -0.1) is 22.7 Å². The van der Waals surface area contributed by atoms with Gasteiger partial charge in [0.1, 0.15) is 0 Å². The van der Waals surface area contributed by atoms with Gasteiger partial charge >= 0.3 is 0 Å². The van der Waals surface area contributed by atoms with E-state index in [1.54, 1.807) is 0 Å². The zero-order valence-corrected chi connectivity index (χ0v) is 22.9. The topological polar surface area (TPSA) is 20.7 Å². The summed E-state index contributed by atoms with van der Waals surface area (Å²) >= 11 is 3.77. The zero-order chi connectivity index (χ0) is 25.9. The number of hydrogen-bond donors (Lipinski definition) is 1. The summed E-state index contributed by atoms with van der Waals surface area (Å²) in [5.74, 6) is 0. The molecule has 0 fully saturated rings. The Balaban J connectivity index is 1.31. The van der Waals surface area contributed by atoms with Crippen molar-refractivity contribution < 1.29 is 0 Å². The summed E-state index contributed by atoms with van der Waals surface area (Å²) in [4.78, 5) is 3.72. The van der Waals surface area contributed by atoms with E-state index in [1.165, 1.54) is 89.6 Å². The van der Waals surface area contributed by atoms with Crippen molar-refractivity contribution in [2.24, 2.45) is 0 Å². The van der Waals surface area contributed by atoms with E-state index in [0.29, 0.717) is 0 Å². The van der Waals surface area contributed by atoms with Gasteiger partial charge in [0, 0.05) is 68.4 Å². The first-order valence-corrected chi connectivity index (χ1v) is 15.2. The van der Waals surface area contributed by atoms with Gasteiger partial charge in [-0.05, 0) is 48.5 Å². The van der Waals surface area contributed by atoms with E-state index in [2.05, 4.69) is 125 Å². The molecule has 10 aromatic rings. The lowest BCUT2D eigenvalue weighted by atomic mass is 10.1. The summed E-state index contributed by atoms with van der Waals surface area (Å²) < 4.78 is 7.78. The zero-order valence-electron chi connectivity index (χ0n) is 21.2. The van der Waals surface area contributed by atoms with Gasteiger partial charge < -0.3 is 9.55 Å². The monoisotopic (exact) mass is 544 g/mol. The van der Waals surface area contributed by atoms with Crippen molar-refractivity contribution in [3.05, 3.63) is 115 Å². The molecule has 4 aromatic heterocycles. The van der Waals surface area contributed by atoms with Crippen LogP contribution in [0.25, 0.3) is 89.6 Å². The lowest BCUT2D eigenvalue weighted by molar-refractivity contribution is 1.19. The Bertz CT molecular complexity index is 2660. The van der Waals surface area contributed by atoms with Gasteiger partial charge in [0.2, 0.25) is 0 Å². The number of hydrogen-bond acceptors (Lipinski definition) is 2. The van der Waals surface area contributed by atoms with Crippen LogP contribution in [0.15, 0.2) is 115 Å². The molecule has 40 heavy (non-hydrogen) atoms. The maximum Gasteiger partial charge on any atom is 0.0646 e. The van der Waals surface area contributed by atoms with Crippen molar-refractivity contribution in [2.45, 2.75) is 0 Å². The van der Waals surface area contributed by atoms with Crippen LogP contribution in [0.3, 0.4) is 0 Å². The Morgan fingerprint density at radius 1 is 0.450 bits per heavy atom. The maximum atomic E-state index is 3.72. The molecule has 0 bridgehead atoms. The third kappa shape index (κ3) is 2.67. The fourth-order valence-corrected chi connectivity index (χ4v) is 9.05. The normalized spacial score (nSPS) is 12.5. The number of para-hydroxylation sites is 2. The highest BCUT2D eigenvalue weighted by Crippen LogP contribution is 2.44. The number of H-pyrrole nitrogens is 1. The molecule has 0 amide bonds. The van der Waals surface area contributed by atoms with Crippen LogP contribution in [0.4, 0.5) is 0 Å². The minimum absolute atomic E-state index is 1.20. The number of thiophene rings is 2. The fraction of sp³-hybridized carbons (Fsp3) is 0. The van der Waals surface area contributed by atoms with Crippen LogP contribution in [-0.4, -0.2) is 9.55 Å². The Labute approximate surface area is 236 Å². The van der Waals surface area contributed by atoms with Crippen LogP contribution < -0.4 is 0 Å². The minimum Gasteiger partial charge on any atom is -0.353 e. The van der Waals surface area contributed by atoms with Gasteiger partial charge in [-0.25, -0.2) is 0 Å². The average Bonchev–Trinajstić information content (AvgIpc) is 3.74. The summed E-state index contributed by atoms with van der Waals surface area (Å²) in [6.07, 6.45) is 0. The fourth-order valence-electron chi connectivity index (χ4n) is 6.74. The highest BCUT2D eigenvalue weighted by molar-refractivity contribution is 7.27. The maximum absolute atomic E-state index is 3.72. The average molecular weight is 545 g/mol. The lowest BCUT2D eigenvalue weighted by Gasteiger charge is -2.08. The van der Waals surface area contributed by atoms with Crippen molar-refractivity contribution in [3.63, 3.8) is 0 Å². The lowest BCUT2D eigenvalue weighted by Crippen LogP contribution is -1.93. The first kappa shape index (κ1) is 21.2. The number of nitrogens with zero attached hydrogens (tertiary/aromatic N) is 1. The van der Waals surface area contributed by atoms with Gasteiger partial charge in [-0.2, -0.15) is 0 Å². The van der Waals surface area contributed by atoms with Gasteiger partial charge in [-0.1, -0.05) is 66.7 Å². The second kappa shape index (κ2) is 7.51. The number of nitrogens with one attached hydrogen (secondary N) is 1. The Kier molecular flexibility index (Phi) is 3.98. The molecule has 4 heterocycles. The molecule has 0 saturated heterocycles. The number of aromatic nitrogens is 2. The molecule has 6 aromatic carbocycles. The van der Waals surface area contributed by atoms with Crippen molar-refractivity contribution in [1.29, 1.82) is 0 Å². The second-order valence-electron chi connectivity index (χ2n) is 10.6. The first-order chi connectivity index (χ1) is 19.8. The van der Waals surface area contributed by atoms with Crippen LogP contribution in [-0.2, 0) is 0 Å². The molecule has 0 radical (unpaired) electrons. The van der Waals surface area contributed by atoms with Gasteiger partial charge in [0.15, 0.2) is 0 Å². The van der Waals surface area contributed by atoms with Gasteiger partial charge in [0.25, 0.3) is 0 Å². The first-order valence-electron chi connectivity index (χ1n) is 13.5. The quantitative estimate of drug-likeness (QED) is 0.212. The molecule has 0 aliphatic carbocycles. The van der Waals surface area contributed by atoms with E-state index in [4.69, 9.17) is 0 Å². The Hall–Kier alpha value is -4.64. The third-order valence-corrected chi connectivity index (χ3v) is 10.9. The van der Waals surface area contributed by atoms with Crippen molar-refractivity contribution in [3.8, 4) is 5.69 Å². The van der Waals surface area contributed by atoms with Crippen molar-refractivity contribution in [1.82, 2.24) is 9.55 Å². The van der Waals surface area contributed by atoms with E-state index in [1.807, 2.05) is 22.7 Å². The Morgan fingerprint density at radius 2 is 1.20 bits per heavy atom. The summed E-state index contributed by atoms with van der Waals surface area (Å²) in [7, 11) is 0. The largest absolute Gasteiger partial charge is 0.353 e. The van der Waals surface area contributed by atoms with Gasteiger partial charge in [-0.3, -0.25) is 0 Å². The molecular formula is C36H20N2S2. The van der Waals surface area contributed by atoms with Crippen LogP contribution >= 0.6 is 22.7 Å². The van der Waals surface area contributed by atoms with E-state index < -0.39 is 0 Å². The summed E-state index contributed by atoms with van der Waals surface area (Å²) in [5, 5.41) is 10.5. The van der Waals surface area contributed by atoms with E-state index in [-0.39, 0.29) is 0 Å². The Morgan fingerprint density at radius 3 is 2.15 bits per heavy atom. The smallest absolute Gasteiger partial charge is 0.0646 e. The van der Waals surface area contributed by atoms with E-state index in [9.17, 15) is 0 Å². The van der Waals surface area contributed by atoms with Crippen molar-refractivity contribution in [2.75, 3.05) is 0 Å². The molecule has 0 aliphatic rings. The predicted octanol–water partition coefficient (Wildman–Crippen LogP) is 11.2. The predicted molar refractivity (Wildman–Crippen MR) is 176 cm³/mol. The molecule has 0 atom stereocenters. The van der Waals surface area contributed by atoms with Gasteiger partial charge in [0.05, 0.1) is 21.3 Å². The molecule has 0 spiro atoms. The minimum atomic E-state index is 1.20. The third-order valence-electron chi connectivity index (χ3n) is 8.53. The molecule has 4 heteroatoms. The molecule has 0 unspecified atom stereocenters. The molecule has 1 N–H and O–H groups in total. The second-order valence-corrected chi connectivity index (χ2v) is 12.8. The highest BCUT2D eigenvalue weighted by Gasteiger charge is 2.18. The highest BCUT2D eigenvalue weighted by atomic mass is 32.1. The number of fused-ring (bicyclic) bond motifs is 13. The SMILES string of the molecule is c1ccc2c(c1)[nH]c1c2ccc2c3cc4c5ccccc5n(-c5ccc6sc7ccccc7c6c5)c4cc3sc21. The molecule has 2 nitrogen and oxygen atoms in total. The van der Waals surface area contributed by atoms with Crippen molar-refractivity contribution >= 4 is 107 Å². The number of aromatic amines is 1. The van der Waals surface area contributed by atoms with E-state index >= 15 is 0 Å². The van der Waals surface area contributed by atoms with Crippen LogP contribution in [0, 0.1) is 0 Å². The van der Waals surface area contributed by atoms with E-state index in [0.717, 1.165) is 0 Å². The molecule has 186 valence electrons.